The molecule has 1 unspecified atom stereocenters. The normalized spacial score (nSPS) is 35.0. The number of aliphatic hydroxyl groups excluding tert-OH is 1. The maximum Gasteiger partial charge on any atom is 0.128 e. The first-order chi connectivity index (χ1) is 5.65. The van der Waals surface area contributed by atoms with Crippen LogP contribution in [0.2, 0.25) is 0 Å². The van der Waals surface area contributed by atoms with Crippen molar-refractivity contribution in [1.82, 2.24) is 4.90 Å². The summed E-state index contributed by atoms with van der Waals surface area (Å²) < 4.78 is 12.8. The van der Waals surface area contributed by atoms with E-state index < -0.39 is 12.3 Å². The van der Waals surface area contributed by atoms with Crippen LogP contribution < -0.4 is 0 Å². The minimum absolute atomic E-state index is 0.329. The van der Waals surface area contributed by atoms with Gasteiger partial charge in [0.25, 0.3) is 0 Å². The lowest BCUT2D eigenvalue weighted by atomic mass is 10.1. The summed E-state index contributed by atoms with van der Waals surface area (Å²) in [5.74, 6) is 0.754. The predicted molar refractivity (Wildman–Crippen MR) is 50.4 cm³/mol. The van der Waals surface area contributed by atoms with E-state index in [-0.39, 0.29) is 0 Å². The van der Waals surface area contributed by atoms with Crippen LogP contribution in [0.4, 0.5) is 4.39 Å². The van der Waals surface area contributed by atoms with E-state index in [1.54, 1.807) is 0 Å². The number of aliphatic hydroxyl groups is 1. The number of halogens is 1. The van der Waals surface area contributed by atoms with Crippen LogP contribution in [-0.4, -0.2) is 47.2 Å². The second-order valence-electron chi connectivity index (χ2n) is 3.40. The maximum atomic E-state index is 12.8. The summed E-state index contributed by atoms with van der Waals surface area (Å²) in [5.41, 5.74) is 0. The van der Waals surface area contributed by atoms with Crippen molar-refractivity contribution in [3.05, 3.63) is 0 Å². The molecule has 1 aliphatic rings. The molecule has 0 saturated carbocycles. The third-order valence-electron chi connectivity index (χ3n) is 2.42. The highest BCUT2D eigenvalue weighted by Crippen LogP contribution is 2.16. The van der Waals surface area contributed by atoms with Crippen LogP contribution in [-0.2, 0) is 0 Å². The molecular weight excluding hydrogens is 177 g/mol. The molecule has 0 aliphatic carbocycles. The first-order valence-corrected chi connectivity index (χ1v) is 4.95. The molecule has 0 bridgehead atoms. The first kappa shape index (κ1) is 10.3. The van der Waals surface area contributed by atoms with Gasteiger partial charge in [-0.1, -0.05) is 0 Å². The van der Waals surface area contributed by atoms with Gasteiger partial charge < -0.3 is 5.11 Å². The van der Waals surface area contributed by atoms with Crippen LogP contribution in [0.25, 0.3) is 0 Å². The van der Waals surface area contributed by atoms with Crippen molar-refractivity contribution in [2.24, 2.45) is 0 Å². The molecular formula is C8H16FNOS. The van der Waals surface area contributed by atoms with Crippen molar-refractivity contribution in [2.45, 2.75) is 31.7 Å². The quantitative estimate of drug-likeness (QED) is 0.631. The molecule has 0 aromatic carbocycles. The molecule has 2 nitrogen and oxygen atoms in total. The van der Waals surface area contributed by atoms with Gasteiger partial charge >= 0.3 is 0 Å². The van der Waals surface area contributed by atoms with Gasteiger partial charge in [-0.05, 0) is 13.3 Å². The van der Waals surface area contributed by atoms with Gasteiger partial charge in [0.15, 0.2) is 0 Å². The van der Waals surface area contributed by atoms with Crippen LogP contribution in [0.3, 0.4) is 0 Å². The van der Waals surface area contributed by atoms with Gasteiger partial charge in [-0.25, -0.2) is 4.39 Å². The summed E-state index contributed by atoms with van der Waals surface area (Å²) in [5, 5.41) is 9.25. The summed E-state index contributed by atoms with van der Waals surface area (Å²) >= 11 is 4.16. The molecule has 3 atom stereocenters. The molecule has 1 fully saturated rings. The zero-order valence-corrected chi connectivity index (χ0v) is 8.17. The molecule has 0 spiro atoms. The van der Waals surface area contributed by atoms with Crippen molar-refractivity contribution in [3.63, 3.8) is 0 Å². The van der Waals surface area contributed by atoms with Crippen molar-refractivity contribution in [1.29, 1.82) is 0 Å². The van der Waals surface area contributed by atoms with E-state index in [4.69, 9.17) is 0 Å². The third kappa shape index (κ3) is 2.34. The molecule has 4 heteroatoms. The number of hydrogen-bond acceptors (Lipinski definition) is 3. The number of hydrogen-bond donors (Lipinski definition) is 2. The molecule has 1 rings (SSSR count). The number of thiol groups is 1. The van der Waals surface area contributed by atoms with Crippen molar-refractivity contribution in [2.75, 3.05) is 18.8 Å². The number of rotatable bonds is 2. The van der Waals surface area contributed by atoms with Crippen LogP contribution in [0.15, 0.2) is 0 Å². The standard InChI is InChI=1S/C8H16FNOS/c1-6(5-12)10-3-2-7(9)8(11)4-10/h6-8,11-12H,2-5H2,1H3/t6?,7-,8+/m0/s1. The molecule has 72 valence electrons. The predicted octanol–water partition coefficient (Wildman–Crippen LogP) is 0.709. The number of alkyl halides is 1. The van der Waals surface area contributed by atoms with Gasteiger partial charge in [-0.2, -0.15) is 12.6 Å². The minimum Gasteiger partial charge on any atom is -0.389 e. The Balaban J connectivity index is 2.39. The van der Waals surface area contributed by atoms with Gasteiger partial charge in [-0.15, -0.1) is 0 Å². The van der Waals surface area contributed by atoms with Crippen molar-refractivity contribution in [3.8, 4) is 0 Å². The summed E-state index contributed by atoms with van der Waals surface area (Å²) in [7, 11) is 0. The van der Waals surface area contributed by atoms with E-state index in [0.29, 0.717) is 19.0 Å². The first-order valence-electron chi connectivity index (χ1n) is 4.32. The van der Waals surface area contributed by atoms with Gasteiger partial charge in [0, 0.05) is 24.9 Å². The average molecular weight is 193 g/mol. The van der Waals surface area contributed by atoms with Gasteiger partial charge in [0.1, 0.15) is 6.17 Å². The molecule has 1 saturated heterocycles. The molecule has 0 amide bonds. The summed E-state index contributed by atoms with van der Waals surface area (Å²) in [6, 6.07) is 0.329. The Labute approximate surface area is 78.2 Å². The van der Waals surface area contributed by atoms with Crippen LogP contribution >= 0.6 is 12.6 Å². The molecule has 0 radical (unpaired) electrons. The number of β-amino-alcohol motifs (C(OH)–C–C–N with tert-alkyl or cyclic N) is 1. The second kappa shape index (κ2) is 4.44. The molecule has 1 N–H and O–H groups in total. The largest absolute Gasteiger partial charge is 0.389 e. The molecule has 1 heterocycles. The summed E-state index contributed by atoms with van der Waals surface area (Å²) in [6.45, 7) is 3.22. The van der Waals surface area contributed by atoms with Crippen molar-refractivity contribution >= 4 is 12.6 Å². The van der Waals surface area contributed by atoms with E-state index >= 15 is 0 Å². The van der Waals surface area contributed by atoms with Gasteiger partial charge in [-0.3, -0.25) is 4.90 Å². The average Bonchev–Trinajstić information content (AvgIpc) is 2.08. The Kier molecular flexibility index (Phi) is 3.80. The minimum atomic E-state index is -1.03. The number of nitrogens with zero attached hydrogens (tertiary/aromatic N) is 1. The number of likely N-dealkylation sites (tertiary alicyclic amines) is 1. The Morgan fingerprint density at radius 1 is 1.75 bits per heavy atom. The van der Waals surface area contributed by atoms with Gasteiger partial charge in [0.2, 0.25) is 0 Å². The Morgan fingerprint density at radius 3 is 2.92 bits per heavy atom. The van der Waals surface area contributed by atoms with E-state index in [9.17, 15) is 9.50 Å². The zero-order chi connectivity index (χ0) is 9.14. The fourth-order valence-electron chi connectivity index (χ4n) is 1.44. The summed E-state index contributed by atoms with van der Waals surface area (Å²) in [4.78, 5) is 2.08. The SMILES string of the molecule is CC(CS)N1CC[C@H](F)[C@H](O)C1. The molecule has 0 aromatic heterocycles. The van der Waals surface area contributed by atoms with Gasteiger partial charge in [0.05, 0.1) is 6.10 Å². The van der Waals surface area contributed by atoms with Crippen LogP contribution in [0, 0.1) is 0 Å². The topological polar surface area (TPSA) is 23.5 Å². The highest BCUT2D eigenvalue weighted by Gasteiger charge is 2.28. The smallest absolute Gasteiger partial charge is 0.128 e. The van der Waals surface area contributed by atoms with E-state index in [1.807, 2.05) is 6.92 Å². The zero-order valence-electron chi connectivity index (χ0n) is 7.28. The second-order valence-corrected chi connectivity index (χ2v) is 3.76. The highest BCUT2D eigenvalue weighted by atomic mass is 32.1. The third-order valence-corrected chi connectivity index (χ3v) is 2.95. The lowest BCUT2D eigenvalue weighted by Gasteiger charge is -2.35. The van der Waals surface area contributed by atoms with Crippen LogP contribution in [0.5, 0.6) is 0 Å². The molecule has 0 aromatic rings. The Bertz CT molecular complexity index is 147. The maximum absolute atomic E-state index is 12.8. The van der Waals surface area contributed by atoms with Crippen LogP contribution in [0.1, 0.15) is 13.3 Å². The lowest BCUT2D eigenvalue weighted by molar-refractivity contribution is -0.00593. The fraction of sp³-hybridized carbons (Fsp3) is 1.00. The highest BCUT2D eigenvalue weighted by molar-refractivity contribution is 7.80. The Hall–Kier alpha value is 0.200. The van der Waals surface area contributed by atoms with Crippen molar-refractivity contribution < 1.29 is 9.50 Å². The van der Waals surface area contributed by atoms with E-state index in [1.165, 1.54) is 0 Å². The molecule has 12 heavy (non-hydrogen) atoms. The van der Waals surface area contributed by atoms with E-state index in [2.05, 4.69) is 17.5 Å². The lowest BCUT2D eigenvalue weighted by Crippen LogP contribution is -2.49. The molecule has 1 aliphatic heterocycles. The number of piperidine rings is 1. The Morgan fingerprint density at radius 2 is 2.42 bits per heavy atom. The summed E-state index contributed by atoms with van der Waals surface area (Å²) in [6.07, 6.45) is -1.39. The fourth-order valence-corrected chi connectivity index (χ4v) is 1.67. The monoisotopic (exact) mass is 193 g/mol. The van der Waals surface area contributed by atoms with E-state index in [0.717, 1.165) is 12.3 Å².